The minimum Gasteiger partial charge on any atom is -0.444 e. The largest absolute Gasteiger partial charge is 0.444 e. The number of amides is 1. The fraction of sp³-hybridized carbons (Fsp3) is 0.125. The number of pyridine rings is 1. The van der Waals surface area contributed by atoms with Gasteiger partial charge >= 0.3 is 6.09 Å². The number of carbonyl (C=O) groups excluding carboxylic acids is 1. The van der Waals surface area contributed by atoms with Gasteiger partial charge in [0.2, 0.25) is 0 Å². The number of hydrogen-bond acceptors (Lipinski definition) is 5. The molecule has 1 aromatic rings. The maximum absolute atomic E-state index is 12.4. The maximum Gasteiger partial charge on any atom is 0.410 e. The van der Waals surface area contributed by atoms with Crippen LogP contribution in [0.15, 0.2) is 467 Å². The predicted molar refractivity (Wildman–Crippen MR) is 373 cm³/mol. The number of nitrogen functional groups attached to an aromatic ring is 1. The van der Waals surface area contributed by atoms with Crippen LogP contribution in [0.25, 0.3) is 0 Å². The fourth-order valence-corrected chi connectivity index (χ4v) is 6.19. The molecule has 3 rings (SSSR count). The lowest BCUT2D eigenvalue weighted by molar-refractivity contribution is 0.0269. The van der Waals surface area contributed by atoms with Gasteiger partial charge in [0.1, 0.15) is 5.60 Å². The van der Waals surface area contributed by atoms with E-state index < -0.39 is 5.60 Å². The van der Waals surface area contributed by atoms with Gasteiger partial charge in [-0.2, -0.15) is 0 Å². The van der Waals surface area contributed by atoms with E-state index in [0.717, 1.165) is 56.8 Å². The van der Waals surface area contributed by atoms with Crippen LogP contribution in [0.4, 0.5) is 16.2 Å². The van der Waals surface area contributed by atoms with E-state index in [2.05, 4.69) is 459 Å². The van der Waals surface area contributed by atoms with E-state index in [1.165, 1.54) is 0 Å². The zero-order valence-corrected chi connectivity index (χ0v) is 54.3. The molecule has 2 aliphatic heterocycles. The molecule has 6 heteroatoms. The van der Waals surface area contributed by atoms with Crippen LogP contribution in [0.2, 0.25) is 0 Å². The first-order valence-electron chi connectivity index (χ1n) is 28.2. The first-order valence-corrected chi connectivity index (χ1v) is 28.2. The summed E-state index contributed by atoms with van der Waals surface area (Å²) in [6.45, 7) is 15.8. The predicted octanol–water partition coefficient (Wildman–Crippen LogP) is 15.5. The van der Waals surface area contributed by atoms with Gasteiger partial charge in [-0.25, -0.2) is 4.79 Å². The summed E-state index contributed by atoms with van der Waals surface area (Å²) in [5.41, 5.74) is 197. The molecule has 3 heterocycles. The standard InChI is InChI=1S/C78H4.C18H28N4O2/c1-3-5-7-9-11-13-15-17-19-21-23-25-27-29-31-33-35-37-39-41-43-45-47-49-51-53-55-57-59-61-63-65-67-69-71-73-75-77-78-76-74-72-70-68-66-64-62-60-58-56-54-52-50-48-46-44-42-40-38-36-34-32-30-28-26-24-22-20-18-16-14-12-10-8-6-4-2;1-17(2,3)24-16(23)22-10-7-18(13-22)6-4-9-21(12-18)15-5-8-20-11-14(15)19/h1-2H2;5,8,11H,4,6-7,9-10,12-13,19H2,1-3H3. The van der Waals surface area contributed by atoms with Crippen molar-refractivity contribution in [2.45, 2.75) is 45.6 Å². The maximum atomic E-state index is 12.4. The number of carbonyl (C=O) groups is 1. The molecule has 0 saturated carbocycles. The number of nitrogens with two attached hydrogens (primary N) is 1. The van der Waals surface area contributed by atoms with Crippen LogP contribution in [0.5, 0.6) is 0 Å². The van der Waals surface area contributed by atoms with Crippen molar-refractivity contribution >= 4 is 17.5 Å². The Morgan fingerprint density at radius 2 is 0.569 bits per heavy atom. The highest BCUT2D eigenvalue weighted by Crippen LogP contribution is 2.41. The summed E-state index contributed by atoms with van der Waals surface area (Å²) in [4.78, 5) is 20.6. The molecule has 1 atom stereocenters. The van der Waals surface area contributed by atoms with Crippen LogP contribution in [-0.4, -0.2) is 47.8 Å². The van der Waals surface area contributed by atoms with Gasteiger partial charge in [-0.15, -0.1) is 0 Å². The number of ether oxygens (including phenoxy) is 1. The summed E-state index contributed by atoms with van der Waals surface area (Å²) in [7, 11) is 0. The summed E-state index contributed by atoms with van der Waals surface area (Å²) in [5.74, 6) is 0. The first kappa shape index (κ1) is 79.1. The Bertz CT molecular complexity index is 6640. The highest BCUT2D eigenvalue weighted by molar-refractivity contribution is 5.69. The average molecular weight is 1270 g/mol. The van der Waals surface area contributed by atoms with Crippen molar-refractivity contribution in [1.82, 2.24) is 9.88 Å². The van der Waals surface area contributed by atoms with Gasteiger partial charge in [-0.3, -0.25) is 4.98 Å². The number of anilines is 2. The summed E-state index contributed by atoms with van der Waals surface area (Å²) >= 11 is 0. The Morgan fingerprint density at radius 3 is 0.765 bits per heavy atom. The number of piperidine rings is 1. The summed E-state index contributed by atoms with van der Waals surface area (Å²) < 4.78 is 5.53. The van der Waals surface area contributed by atoms with E-state index in [-0.39, 0.29) is 11.5 Å². The third kappa shape index (κ3) is 48.9. The molecule has 2 aliphatic rings. The zero-order chi connectivity index (χ0) is 73.1. The van der Waals surface area contributed by atoms with Crippen molar-refractivity contribution < 1.29 is 9.53 Å². The number of aromatic nitrogens is 1. The second kappa shape index (κ2) is 58.4. The molecule has 0 radical (unpaired) electrons. The number of hydrogen-bond donors (Lipinski definition) is 1. The number of likely N-dealkylation sites (tertiary alicyclic amines) is 1. The van der Waals surface area contributed by atoms with E-state index >= 15 is 0 Å². The van der Waals surface area contributed by atoms with Gasteiger partial charge in [0.05, 0.1) is 17.6 Å². The molecule has 1 aromatic heterocycles. The molecule has 1 unspecified atom stereocenters. The topological polar surface area (TPSA) is 71.7 Å². The second-order valence-corrected chi connectivity index (χ2v) is 17.7. The lowest BCUT2D eigenvalue weighted by atomic mass is 9.79. The Hall–Kier alpha value is -19.0. The first-order chi connectivity index (χ1) is 50.2. The summed E-state index contributed by atoms with van der Waals surface area (Å²) in [6.07, 6.45) is 6.58. The summed E-state index contributed by atoms with van der Waals surface area (Å²) in [5, 5.41) is 0. The van der Waals surface area contributed by atoms with Gasteiger partial charge in [-0.1, -0.05) is 11.5 Å². The van der Waals surface area contributed by atoms with Crippen molar-refractivity contribution in [3.05, 3.63) is 467 Å². The normalized spacial score (nSPS) is 8.77. The lowest BCUT2D eigenvalue weighted by Gasteiger charge is -2.41. The minimum absolute atomic E-state index is 0.144. The molecular weight excluding hydrogens is 1240 g/mol. The van der Waals surface area contributed by atoms with Crippen LogP contribution in [-0.2, 0) is 4.74 Å². The van der Waals surface area contributed by atoms with E-state index in [0.29, 0.717) is 0 Å². The van der Waals surface area contributed by atoms with E-state index in [1.807, 2.05) is 31.7 Å². The molecule has 1 spiro atoms. The quantitative estimate of drug-likeness (QED) is 0.284. The molecule has 0 aliphatic carbocycles. The van der Waals surface area contributed by atoms with Crippen molar-refractivity contribution in [2.75, 3.05) is 36.8 Å². The molecular formula is C96H32N4O2. The van der Waals surface area contributed by atoms with Crippen molar-refractivity contribution in [1.29, 1.82) is 0 Å². The van der Waals surface area contributed by atoms with Gasteiger partial charge in [-0.05, 0) is 151 Å². The van der Waals surface area contributed by atoms with Crippen molar-refractivity contribution in [2.24, 2.45) is 5.41 Å². The fourth-order valence-electron chi connectivity index (χ4n) is 6.19. The Balaban J connectivity index is 0.00000122. The molecule has 6 nitrogen and oxygen atoms in total. The Morgan fingerprint density at radius 1 is 0.353 bits per heavy atom. The third-order valence-electron chi connectivity index (χ3n) is 9.66. The van der Waals surface area contributed by atoms with Crippen LogP contribution in [0.1, 0.15) is 40.0 Å². The minimum atomic E-state index is -0.447. The molecule has 2 fully saturated rings. The molecule has 0 aromatic carbocycles. The van der Waals surface area contributed by atoms with Gasteiger partial charge in [0.25, 0.3) is 0 Å². The Kier molecular flexibility index (Phi) is 45.3. The Labute approximate surface area is 588 Å². The van der Waals surface area contributed by atoms with Crippen LogP contribution >= 0.6 is 0 Å². The van der Waals surface area contributed by atoms with Crippen LogP contribution in [0, 0.1) is 5.41 Å². The van der Waals surface area contributed by atoms with E-state index in [9.17, 15) is 4.79 Å². The molecule has 2 N–H and O–H groups in total. The van der Waals surface area contributed by atoms with Crippen LogP contribution < -0.4 is 10.6 Å². The van der Waals surface area contributed by atoms with Gasteiger partial charge in [0.15, 0.2) is 0 Å². The highest BCUT2D eigenvalue weighted by atomic mass is 16.6. The molecule has 448 valence electrons. The third-order valence-corrected chi connectivity index (χ3v) is 9.66. The van der Waals surface area contributed by atoms with Crippen molar-refractivity contribution in [3.63, 3.8) is 0 Å². The zero-order valence-electron chi connectivity index (χ0n) is 54.3. The summed E-state index contributed by atoms with van der Waals surface area (Å²) in [6, 6.07) is 1.98. The second-order valence-electron chi connectivity index (χ2n) is 17.7. The molecule has 102 heavy (non-hydrogen) atoms. The molecule has 2 saturated heterocycles. The lowest BCUT2D eigenvalue weighted by Crippen LogP contribution is -2.46. The number of nitrogens with zero attached hydrogens (tertiary/aromatic N) is 3. The molecule has 1 amide bonds. The van der Waals surface area contributed by atoms with Gasteiger partial charge < -0.3 is 20.3 Å². The monoisotopic (exact) mass is 1270 g/mol. The van der Waals surface area contributed by atoms with E-state index in [1.54, 1.807) is 12.4 Å². The number of rotatable bonds is 1. The van der Waals surface area contributed by atoms with Gasteiger partial charge in [0, 0.05) is 370 Å². The van der Waals surface area contributed by atoms with Crippen LogP contribution in [0.3, 0.4) is 0 Å². The smallest absolute Gasteiger partial charge is 0.410 e. The van der Waals surface area contributed by atoms with Crippen molar-refractivity contribution in [3.8, 4) is 0 Å². The highest BCUT2D eigenvalue weighted by Gasteiger charge is 2.44. The van der Waals surface area contributed by atoms with E-state index in [4.69, 9.17) is 10.5 Å². The molecule has 0 bridgehead atoms. The SMILES string of the molecule is C=C=C=C=C=C=C=C=C=C=C=C=C=C=C=C=C=C=C=C=C=C=C=C=C=C=C=C=C=C=C=C=C=C=C=C=C=C=C=C=C=C=C=C=C=C=C=C=C=C=C=C=C=C=C=C=C=C=C=C=C=C=C=C=C=C=C=C=C=C=C=C=C=C=C=C=C=C.CC(C)(C)OC(=O)N1CCC2(CCCN(c3ccncc3N)C2)C1. The average Bonchev–Trinajstić information content (AvgIpc) is 1.59.